The van der Waals surface area contributed by atoms with Crippen LogP contribution in [0.1, 0.15) is 0 Å². The fraction of sp³-hybridized carbons (Fsp3) is 0.310. The second kappa shape index (κ2) is 10.1. The minimum absolute atomic E-state index is 0.608. The molecular formula is C29H32N6O. The highest BCUT2D eigenvalue weighted by molar-refractivity contribution is 5.88. The quantitative estimate of drug-likeness (QED) is 0.447. The Kier molecular flexibility index (Phi) is 6.40. The van der Waals surface area contributed by atoms with Gasteiger partial charge in [-0.15, -0.1) is 0 Å². The van der Waals surface area contributed by atoms with Crippen molar-refractivity contribution < 1.29 is 4.74 Å². The number of nitrogens with one attached hydrogen (secondary N) is 1. The van der Waals surface area contributed by atoms with Gasteiger partial charge in [-0.3, -0.25) is 0 Å². The lowest BCUT2D eigenvalue weighted by Gasteiger charge is -2.34. The molecule has 7 nitrogen and oxygen atoms in total. The third kappa shape index (κ3) is 4.85. The first-order valence-corrected chi connectivity index (χ1v) is 12.7. The summed E-state index contributed by atoms with van der Waals surface area (Å²) in [6.45, 7) is 7.61. The number of para-hydroxylation sites is 1. The second-order valence-corrected chi connectivity index (χ2v) is 9.55. The predicted molar refractivity (Wildman–Crippen MR) is 147 cm³/mol. The van der Waals surface area contributed by atoms with Gasteiger partial charge in [-0.2, -0.15) is 0 Å². The average molecular weight is 481 g/mol. The molecule has 2 saturated heterocycles. The predicted octanol–water partition coefficient (Wildman–Crippen LogP) is 4.63. The molecule has 7 heteroatoms. The molecular weight excluding hydrogens is 448 g/mol. The Balaban J connectivity index is 1.26. The van der Waals surface area contributed by atoms with Crippen LogP contribution in [0.5, 0.6) is 0 Å². The molecule has 0 saturated carbocycles. The minimum atomic E-state index is 0.608. The van der Waals surface area contributed by atoms with Crippen molar-refractivity contribution in [3.8, 4) is 11.1 Å². The Bertz CT molecular complexity index is 1340. The van der Waals surface area contributed by atoms with Crippen LogP contribution >= 0.6 is 0 Å². The number of anilines is 4. The van der Waals surface area contributed by atoms with Gasteiger partial charge in [0, 0.05) is 73.5 Å². The van der Waals surface area contributed by atoms with Crippen LogP contribution in [0.15, 0.2) is 72.9 Å². The van der Waals surface area contributed by atoms with E-state index in [1.807, 2.05) is 6.20 Å². The highest BCUT2D eigenvalue weighted by atomic mass is 16.5. The summed E-state index contributed by atoms with van der Waals surface area (Å²) in [7, 11) is 2.18. The van der Waals surface area contributed by atoms with Crippen molar-refractivity contribution >= 4 is 33.9 Å². The Morgan fingerprint density at radius 1 is 0.806 bits per heavy atom. The summed E-state index contributed by atoms with van der Waals surface area (Å²) in [6.07, 6.45) is 1.90. The summed E-state index contributed by atoms with van der Waals surface area (Å²) in [4.78, 5) is 16.7. The van der Waals surface area contributed by atoms with Gasteiger partial charge in [-0.25, -0.2) is 9.97 Å². The number of nitrogens with zero attached hydrogens (tertiary/aromatic N) is 5. The van der Waals surface area contributed by atoms with E-state index in [0.29, 0.717) is 5.95 Å². The lowest BCUT2D eigenvalue weighted by molar-refractivity contribution is 0.123. The maximum atomic E-state index is 5.56. The first-order valence-electron chi connectivity index (χ1n) is 12.7. The van der Waals surface area contributed by atoms with Crippen molar-refractivity contribution in [2.45, 2.75) is 0 Å². The molecule has 184 valence electrons. The monoisotopic (exact) mass is 480 g/mol. The lowest BCUT2D eigenvalue weighted by Crippen LogP contribution is -2.44. The molecule has 2 aliphatic heterocycles. The topological polar surface area (TPSA) is 56.8 Å². The Hall–Kier alpha value is -3.68. The number of aromatic nitrogens is 2. The van der Waals surface area contributed by atoms with Crippen molar-refractivity contribution in [2.75, 3.05) is 74.6 Å². The van der Waals surface area contributed by atoms with Crippen LogP contribution < -0.4 is 15.1 Å². The SMILES string of the molecule is CN1CCN(c2cccc(Nc3ncc4ccc(-c5ccccc5N5CCOCC5)cc4n3)c2)CC1. The Morgan fingerprint density at radius 3 is 2.50 bits per heavy atom. The third-order valence-corrected chi connectivity index (χ3v) is 7.12. The largest absolute Gasteiger partial charge is 0.378 e. The molecule has 0 atom stereocenters. The summed E-state index contributed by atoms with van der Waals surface area (Å²) in [5, 5.41) is 4.45. The van der Waals surface area contributed by atoms with Crippen molar-refractivity contribution in [1.82, 2.24) is 14.9 Å². The molecule has 0 spiro atoms. The first-order chi connectivity index (χ1) is 17.7. The Morgan fingerprint density at radius 2 is 1.64 bits per heavy atom. The van der Waals surface area contributed by atoms with Crippen LogP contribution in [0.4, 0.5) is 23.0 Å². The number of fused-ring (bicyclic) bond motifs is 1. The second-order valence-electron chi connectivity index (χ2n) is 9.55. The molecule has 4 aromatic rings. The van der Waals surface area contributed by atoms with E-state index < -0.39 is 0 Å². The van der Waals surface area contributed by atoms with Gasteiger partial charge < -0.3 is 24.8 Å². The number of piperazine rings is 1. The number of hydrogen-bond donors (Lipinski definition) is 1. The number of morpholine rings is 1. The van der Waals surface area contributed by atoms with E-state index in [0.717, 1.165) is 74.6 Å². The molecule has 0 aliphatic carbocycles. The van der Waals surface area contributed by atoms with Gasteiger partial charge in [0.25, 0.3) is 0 Å². The molecule has 1 aromatic heterocycles. The standard InChI is InChI=1S/C29H32N6O/c1-33-11-13-34(14-12-33)25-6-4-5-24(20-25)31-29-30-21-23-10-9-22(19-27(23)32-29)26-7-2-3-8-28(26)35-15-17-36-18-16-35/h2-10,19-21H,11-18H2,1H3,(H,30,31,32). The summed E-state index contributed by atoms with van der Waals surface area (Å²) >= 11 is 0. The van der Waals surface area contributed by atoms with Crippen LogP contribution in [-0.2, 0) is 4.74 Å². The van der Waals surface area contributed by atoms with Gasteiger partial charge in [0.15, 0.2) is 0 Å². The van der Waals surface area contributed by atoms with E-state index in [1.165, 1.54) is 16.9 Å². The zero-order chi connectivity index (χ0) is 24.3. The molecule has 0 amide bonds. The molecule has 6 rings (SSSR count). The van der Waals surface area contributed by atoms with Crippen LogP contribution in [0, 0.1) is 0 Å². The summed E-state index contributed by atoms with van der Waals surface area (Å²) < 4.78 is 5.56. The average Bonchev–Trinajstić information content (AvgIpc) is 2.94. The minimum Gasteiger partial charge on any atom is -0.378 e. The molecule has 1 N–H and O–H groups in total. The number of hydrogen-bond acceptors (Lipinski definition) is 7. The zero-order valence-corrected chi connectivity index (χ0v) is 20.7. The maximum Gasteiger partial charge on any atom is 0.227 e. The van der Waals surface area contributed by atoms with Gasteiger partial charge in [0.2, 0.25) is 5.95 Å². The van der Waals surface area contributed by atoms with Gasteiger partial charge in [0.1, 0.15) is 0 Å². The number of rotatable bonds is 5. The van der Waals surface area contributed by atoms with E-state index in [2.05, 4.69) is 98.8 Å². The van der Waals surface area contributed by atoms with Crippen LogP contribution in [-0.4, -0.2) is 74.4 Å². The van der Waals surface area contributed by atoms with Crippen molar-refractivity contribution in [1.29, 1.82) is 0 Å². The van der Waals surface area contributed by atoms with E-state index >= 15 is 0 Å². The molecule has 36 heavy (non-hydrogen) atoms. The maximum absolute atomic E-state index is 5.56. The van der Waals surface area contributed by atoms with Crippen LogP contribution in [0.2, 0.25) is 0 Å². The van der Waals surface area contributed by atoms with Crippen molar-refractivity contribution in [3.05, 3.63) is 72.9 Å². The lowest BCUT2D eigenvalue weighted by atomic mass is 10.0. The molecule has 0 radical (unpaired) electrons. The smallest absolute Gasteiger partial charge is 0.227 e. The zero-order valence-electron chi connectivity index (χ0n) is 20.7. The number of benzene rings is 3. The number of likely N-dealkylation sites (N-methyl/N-ethyl adjacent to an activating group) is 1. The van der Waals surface area contributed by atoms with E-state index in [9.17, 15) is 0 Å². The van der Waals surface area contributed by atoms with Gasteiger partial charge in [-0.05, 0) is 42.9 Å². The molecule has 0 bridgehead atoms. The molecule has 3 aromatic carbocycles. The summed E-state index contributed by atoms with van der Waals surface area (Å²) in [6, 6.07) is 23.6. The third-order valence-electron chi connectivity index (χ3n) is 7.12. The fourth-order valence-corrected chi connectivity index (χ4v) is 5.02. The van der Waals surface area contributed by atoms with Gasteiger partial charge in [0.05, 0.1) is 18.7 Å². The van der Waals surface area contributed by atoms with Gasteiger partial charge in [-0.1, -0.05) is 36.4 Å². The number of ether oxygens (including phenoxy) is 1. The highest BCUT2D eigenvalue weighted by Crippen LogP contribution is 2.33. The fourth-order valence-electron chi connectivity index (χ4n) is 5.02. The normalized spacial score (nSPS) is 16.9. The molecule has 2 aliphatic rings. The van der Waals surface area contributed by atoms with Crippen molar-refractivity contribution in [3.63, 3.8) is 0 Å². The molecule has 0 unspecified atom stereocenters. The van der Waals surface area contributed by atoms with Crippen molar-refractivity contribution in [2.24, 2.45) is 0 Å². The molecule has 3 heterocycles. The first kappa shape index (κ1) is 22.8. The molecule has 2 fully saturated rings. The van der Waals surface area contributed by atoms with E-state index in [-0.39, 0.29) is 0 Å². The van der Waals surface area contributed by atoms with Crippen LogP contribution in [0.25, 0.3) is 22.0 Å². The van der Waals surface area contributed by atoms with E-state index in [1.54, 1.807) is 0 Å². The highest BCUT2D eigenvalue weighted by Gasteiger charge is 2.17. The Labute approximate surface area is 212 Å². The summed E-state index contributed by atoms with van der Waals surface area (Å²) in [5.41, 5.74) is 6.78. The van der Waals surface area contributed by atoms with E-state index in [4.69, 9.17) is 9.72 Å². The summed E-state index contributed by atoms with van der Waals surface area (Å²) in [5.74, 6) is 0.608. The van der Waals surface area contributed by atoms with Gasteiger partial charge >= 0.3 is 0 Å². The van der Waals surface area contributed by atoms with Crippen LogP contribution in [0.3, 0.4) is 0 Å².